The molecule has 0 radical (unpaired) electrons. The molecule has 2 atom stereocenters. The van der Waals surface area contributed by atoms with E-state index in [-0.39, 0.29) is 5.54 Å². The van der Waals surface area contributed by atoms with Crippen LogP contribution in [0.15, 0.2) is 0 Å². The van der Waals surface area contributed by atoms with E-state index in [1.165, 1.54) is 25.8 Å². The standard InChI is InChI=1S/C13H28N2/c1-6-7-8-11(2)15-10-13(4,5)14-9-12(15)3/h11-12,14H,6-10H2,1-5H3. The van der Waals surface area contributed by atoms with Crippen molar-refractivity contribution < 1.29 is 0 Å². The van der Waals surface area contributed by atoms with Crippen molar-refractivity contribution in [3.8, 4) is 0 Å². The molecule has 1 heterocycles. The molecule has 0 saturated carbocycles. The molecule has 0 aromatic carbocycles. The first-order valence-corrected chi connectivity index (χ1v) is 6.47. The summed E-state index contributed by atoms with van der Waals surface area (Å²) in [6, 6.07) is 1.42. The third kappa shape index (κ3) is 3.76. The van der Waals surface area contributed by atoms with Gasteiger partial charge in [0.05, 0.1) is 0 Å². The monoisotopic (exact) mass is 212 g/mol. The van der Waals surface area contributed by atoms with Gasteiger partial charge in [0.25, 0.3) is 0 Å². The highest BCUT2D eigenvalue weighted by Crippen LogP contribution is 2.20. The van der Waals surface area contributed by atoms with Gasteiger partial charge in [-0.05, 0) is 34.1 Å². The first-order chi connectivity index (χ1) is 6.96. The van der Waals surface area contributed by atoms with Gasteiger partial charge in [-0.2, -0.15) is 0 Å². The number of rotatable bonds is 4. The molecule has 1 N–H and O–H groups in total. The maximum Gasteiger partial charge on any atom is 0.0253 e. The van der Waals surface area contributed by atoms with Crippen LogP contribution in [-0.2, 0) is 0 Å². The van der Waals surface area contributed by atoms with E-state index < -0.39 is 0 Å². The summed E-state index contributed by atoms with van der Waals surface area (Å²) in [5.74, 6) is 0. The van der Waals surface area contributed by atoms with Gasteiger partial charge in [0.2, 0.25) is 0 Å². The van der Waals surface area contributed by atoms with Crippen LogP contribution >= 0.6 is 0 Å². The number of hydrogen-bond donors (Lipinski definition) is 1. The zero-order chi connectivity index (χ0) is 11.5. The van der Waals surface area contributed by atoms with Crippen molar-refractivity contribution in [1.82, 2.24) is 10.2 Å². The summed E-state index contributed by atoms with van der Waals surface area (Å²) in [7, 11) is 0. The Bertz CT molecular complexity index is 189. The molecule has 0 spiro atoms. The Morgan fingerprint density at radius 1 is 1.47 bits per heavy atom. The van der Waals surface area contributed by atoms with Gasteiger partial charge in [-0.3, -0.25) is 4.90 Å². The van der Waals surface area contributed by atoms with Crippen LogP contribution in [0.1, 0.15) is 53.9 Å². The molecule has 0 bridgehead atoms. The highest BCUT2D eigenvalue weighted by Gasteiger charge is 2.32. The normalized spacial score (nSPS) is 29.0. The van der Waals surface area contributed by atoms with Gasteiger partial charge in [0, 0.05) is 30.7 Å². The Labute approximate surface area is 95.4 Å². The van der Waals surface area contributed by atoms with Gasteiger partial charge in [-0.25, -0.2) is 0 Å². The lowest BCUT2D eigenvalue weighted by molar-refractivity contribution is 0.0648. The highest BCUT2D eigenvalue weighted by atomic mass is 15.3. The number of piperazine rings is 1. The third-order valence-electron chi connectivity index (χ3n) is 3.56. The topological polar surface area (TPSA) is 15.3 Å². The largest absolute Gasteiger partial charge is 0.309 e. The lowest BCUT2D eigenvalue weighted by Crippen LogP contribution is -2.62. The molecule has 0 amide bonds. The molecule has 1 fully saturated rings. The Morgan fingerprint density at radius 2 is 2.13 bits per heavy atom. The third-order valence-corrected chi connectivity index (χ3v) is 3.56. The summed E-state index contributed by atoms with van der Waals surface area (Å²) < 4.78 is 0. The molecule has 1 saturated heterocycles. The summed E-state index contributed by atoms with van der Waals surface area (Å²) in [5.41, 5.74) is 0.285. The van der Waals surface area contributed by atoms with Gasteiger partial charge < -0.3 is 5.32 Å². The average molecular weight is 212 g/mol. The van der Waals surface area contributed by atoms with Crippen LogP contribution < -0.4 is 5.32 Å². The molecule has 0 aliphatic carbocycles. The first kappa shape index (κ1) is 13.0. The minimum Gasteiger partial charge on any atom is -0.309 e. The molecule has 1 aliphatic heterocycles. The quantitative estimate of drug-likeness (QED) is 0.770. The Balaban J connectivity index is 2.50. The van der Waals surface area contributed by atoms with E-state index in [1.54, 1.807) is 0 Å². The summed E-state index contributed by atoms with van der Waals surface area (Å²) in [5, 5.41) is 3.61. The minimum absolute atomic E-state index is 0.285. The molecule has 1 aliphatic rings. The van der Waals surface area contributed by atoms with Crippen LogP contribution in [0.25, 0.3) is 0 Å². The molecular formula is C13H28N2. The SMILES string of the molecule is CCCCC(C)N1CC(C)(C)NCC1C. The zero-order valence-corrected chi connectivity index (χ0v) is 11.1. The first-order valence-electron chi connectivity index (χ1n) is 6.47. The van der Waals surface area contributed by atoms with Crippen molar-refractivity contribution >= 4 is 0 Å². The number of nitrogens with zero attached hydrogens (tertiary/aromatic N) is 1. The fraction of sp³-hybridized carbons (Fsp3) is 1.00. The van der Waals surface area contributed by atoms with Gasteiger partial charge in [-0.1, -0.05) is 19.8 Å². The number of nitrogens with one attached hydrogen (secondary N) is 1. The maximum absolute atomic E-state index is 3.61. The Morgan fingerprint density at radius 3 is 2.73 bits per heavy atom. The molecule has 2 heteroatoms. The van der Waals surface area contributed by atoms with E-state index in [9.17, 15) is 0 Å². The predicted octanol–water partition coefficient (Wildman–Crippen LogP) is 2.64. The van der Waals surface area contributed by atoms with E-state index >= 15 is 0 Å². The molecule has 2 unspecified atom stereocenters. The molecular weight excluding hydrogens is 184 g/mol. The minimum atomic E-state index is 0.285. The van der Waals surface area contributed by atoms with Crippen LogP contribution in [0.5, 0.6) is 0 Å². The fourth-order valence-electron chi connectivity index (χ4n) is 2.47. The molecule has 1 rings (SSSR count). The molecule has 15 heavy (non-hydrogen) atoms. The second-order valence-electron chi connectivity index (χ2n) is 5.78. The van der Waals surface area contributed by atoms with Gasteiger partial charge in [-0.15, -0.1) is 0 Å². The van der Waals surface area contributed by atoms with Crippen LogP contribution in [0.2, 0.25) is 0 Å². The number of unbranched alkanes of at least 4 members (excludes halogenated alkanes) is 1. The van der Waals surface area contributed by atoms with Crippen molar-refractivity contribution in [3.05, 3.63) is 0 Å². The Kier molecular flexibility index (Phi) is 4.60. The predicted molar refractivity (Wildman–Crippen MR) is 67.2 cm³/mol. The van der Waals surface area contributed by atoms with Crippen molar-refractivity contribution in [2.75, 3.05) is 13.1 Å². The second-order valence-corrected chi connectivity index (χ2v) is 5.78. The molecule has 0 aromatic heterocycles. The number of hydrogen-bond acceptors (Lipinski definition) is 2. The van der Waals surface area contributed by atoms with E-state index in [1.807, 2.05) is 0 Å². The smallest absolute Gasteiger partial charge is 0.0253 e. The van der Waals surface area contributed by atoms with Crippen LogP contribution in [0.3, 0.4) is 0 Å². The summed E-state index contributed by atoms with van der Waals surface area (Å²) in [4.78, 5) is 2.67. The van der Waals surface area contributed by atoms with Gasteiger partial charge in [0.1, 0.15) is 0 Å². The van der Waals surface area contributed by atoms with Crippen molar-refractivity contribution in [3.63, 3.8) is 0 Å². The second kappa shape index (κ2) is 5.31. The average Bonchev–Trinajstić information content (AvgIpc) is 2.18. The summed E-state index contributed by atoms with van der Waals surface area (Å²) in [6.45, 7) is 13.9. The zero-order valence-electron chi connectivity index (χ0n) is 11.1. The van der Waals surface area contributed by atoms with Crippen molar-refractivity contribution in [1.29, 1.82) is 0 Å². The van der Waals surface area contributed by atoms with Crippen LogP contribution in [-0.4, -0.2) is 35.6 Å². The summed E-state index contributed by atoms with van der Waals surface area (Å²) in [6.07, 6.45) is 4.02. The van der Waals surface area contributed by atoms with Gasteiger partial charge in [0.15, 0.2) is 0 Å². The van der Waals surface area contributed by atoms with E-state index in [2.05, 4.69) is 44.8 Å². The van der Waals surface area contributed by atoms with E-state index in [0.29, 0.717) is 6.04 Å². The van der Waals surface area contributed by atoms with E-state index in [4.69, 9.17) is 0 Å². The van der Waals surface area contributed by atoms with E-state index in [0.717, 1.165) is 12.6 Å². The van der Waals surface area contributed by atoms with Crippen LogP contribution in [0, 0.1) is 0 Å². The summed E-state index contributed by atoms with van der Waals surface area (Å²) >= 11 is 0. The lowest BCUT2D eigenvalue weighted by atomic mass is 9.96. The Hall–Kier alpha value is -0.0800. The molecule has 2 nitrogen and oxygen atoms in total. The fourth-order valence-corrected chi connectivity index (χ4v) is 2.47. The lowest BCUT2D eigenvalue weighted by Gasteiger charge is -2.46. The molecule has 90 valence electrons. The molecule has 0 aromatic rings. The highest BCUT2D eigenvalue weighted by molar-refractivity contribution is 4.92. The maximum atomic E-state index is 3.61. The van der Waals surface area contributed by atoms with Gasteiger partial charge >= 0.3 is 0 Å². The van der Waals surface area contributed by atoms with Crippen molar-refractivity contribution in [2.24, 2.45) is 0 Å². The van der Waals surface area contributed by atoms with Crippen LogP contribution in [0.4, 0.5) is 0 Å². The van der Waals surface area contributed by atoms with Crippen molar-refractivity contribution in [2.45, 2.75) is 71.5 Å².